The molecule has 0 aliphatic carbocycles. The highest BCUT2D eigenvalue weighted by Crippen LogP contribution is 2.37. The van der Waals surface area contributed by atoms with Crippen LogP contribution in [0.5, 0.6) is 0 Å². The summed E-state index contributed by atoms with van der Waals surface area (Å²) in [6, 6.07) is 33.5. The van der Waals surface area contributed by atoms with Gasteiger partial charge in [0.2, 0.25) is 0 Å². The maximum atomic E-state index is 5.04. The molecule has 6 aromatic rings. The van der Waals surface area contributed by atoms with E-state index in [1.165, 1.54) is 11.1 Å². The Bertz CT molecular complexity index is 1910. The van der Waals surface area contributed by atoms with Gasteiger partial charge in [0.15, 0.2) is 23.3 Å². The summed E-state index contributed by atoms with van der Waals surface area (Å²) in [5, 5.41) is 0. The lowest BCUT2D eigenvalue weighted by molar-refractivity contribution is 0.569. The van der Waals surface area contributed by atoms with Crippen LogP contribution in [-0.2, 0) is 10.8 Å². The third kappa shape index (κ3) is 6.76. The summed E-state index contributed by atoms with van der Waals surface area (Å²) < 4.78 is 0. The molecule has 0 amide bonds. The van der Waals surface area contributed by atoms with Crippen molar-refractivity contribution in [1.82, 2.24) is 29.9 Å². The summed E-state index contributed by atoms with van der Waals surface area (Å²) in [6.07, 6.45) is 0. The van der Waals surface area contributed by atoms with Crippen molar-refractivity contribution < 1.29 is 0 Å². The summed E-state index contributed by atoms with van der Waals surface area (Å²) in [4.78, 5) is 28.9. The van der Waals surface area contributed by atoms with Crippen LogP contribution in [0.3, 0.4) is 0 Å². The second kappa shape index (κ2) is 12.0. The molecule has 6 heteroatoms. The average molecular weight is 605 g/mol. The molecule has 46 heavy (non-hydrogen) atoms. The minimum absolute atomic E-state index is 0.0255. The molecule has 6 nitrogen and oxygen atoms in total. The van der Waals surface area contributed by atoms with Crippen LogP contribution in [0.2, 0.25) is 0 Å². The molecule has 0 aliphatic heterocycles. The maximum absolute atomic E-state index is 5.04. The Morgan fingerprint density at radius 3 is 1.11 bits per heavy atom. The van der Waals surface area contributed by atoms with Crippen molar-refractivity contribution in [1.29, 1.82) is 0 Å². The molecule has 0 aliphatic rings. The molecule has 0 radical (unpaired) electrons. The molecule has 230 valence electrons. The molecule has 6 rings (SSSR count). The highest BCUT2D eigenvalue weighted by molar-refractivity contribution is 5.79. The van der Waals surface area contributed by atoms with E-state index in [2.05, 4.69) is 82.9 Å². The number of hydrogen-bond donors (Lipinski definition) is 0. The number of aryl methyl sites for hydroxylation is 2. The van der Waals surface area contributed by atoms with Crippen molar-refractivity contribution in [3.63, 3.8) is 0 Å². The molecule has 0 atom stereocenters. The van der Waals surface area contributed by atoms with Crippen molar-refractivity contribution in [2.75, 3.05) is 0 Å². The first kappa shape index (κ1) is 30.9. The van der Waals surface area contributed by atoms with Gasteiger partial charge in [-0.3, -0.25) is 0 Å². The summed E-state index contributed by atoms with van der Waals surface area (Å²) in [5.74, 6) is 3.80. The SMILES string of the molecule is Cc1nc(C)nc(-c2cc(-c3cc(C(C)(C)C)cc(C(C)(C)C)c3)cc(-c3nc(-c4ccccc4)nc(-c4ccccc4)n3)c2)n1. The molecule has 2 aromatic heterocycles. The van der Waals surface area contributed by atoms with Crippen LogP contribution in [0.4, 0.5) is 0 Å². The number of aromatic nitrogens is 6. The van der Waals surface area contributed by atoms with E-state index in [0.29, 0.717) is 34.9 Å². The van der Waals surface area contributed by atoms with Crippen molar-refractivity contribution >= 4 is 0 Å². The molecular formula is C40H40N6. The van der Waals surface area contributed by atoms with Gasteiger partial charge in [-0.1, -0.05) is 120 Å². The van der Waals surface area contributed by atoms with E-state index < -0.39 is 0 Å². The zero-order valence-corrected chi connectivity index (χ0v) is 27.9. The van der Waals surface area contributed by atoms with Gasteiger partial charge in [0.1, 0.15) is 11.6 Å². The predicted octanol–water partition coefficient (Wildman–Crippen LogP) is 9.60. The Hall–Kier alpha value is -5.10. The second-order valence-corrected chi connectivity index (χ2v) is 13.9. The second-order valence-electron chi connectivity index (χ2n) is 13.9. The molecule has 0 spiro atoms. The Kier molecular flexibility index (Phi) is 8.07. The van der Waals surface area contributed by atoms with E-state index in [1.54, 1.807) is 0 Å². The van der Waals surface area contributed by atoms with Crippen LogP contribution < -0.4 is 0 Å². The first-order valence-electron chi connectivity index (χ1n) is 15.7. The van der Waals surface area contributed by atoms with E-state index in [-0.39, 0.29) is 10.8 Å². The standard InChI is InChI=1S/C40H40N6/c1-25-41-26(2)43-37(42-25)31-19-29(30-22-33(39(3,4)5)24-34(23-30)40(6,7)8)20-32(21-31)38-45-35(27-15-11-9-12-16-27)44-36(46-38)28-17-13-10-14-18-28/h9-24H,1-8H3. The monoisotopic (exact) mass is 604 g/mol. The van der Waals surface area contributed by atoms with Gasteiger partial charge >= 0.3 is 0 Å². The fourth-order valence-corrected chi connectivity index (χ4v) is 5.40. The molecule has 0 fully saturated rings. The van der Waals surface area contributed by atoms with Crippen molar-refractivity contribution in [2.45, 2.75) is 66.2 Å². The topological polar surface area (TPSA) is 77.3 Å². The van der Waals surface area contributed by atoms with Gasteiger partial charge in [-0.25, -0.2) is 29.9 Å². The number of nitrogens with zero attached hydrogens (tertiary/aromatic N) is 6. The minimum atomic E-state index is -0.0255. The predicted molar refractivity (Wildman–Crippen MR) is 187 cm³/mol. The molecule has 0 saturated carbocycles. The molecule has 0 N–H and O–H groups in total. The van der Waals surface area contributed by atoms with Gasteiger partial charge in [0.05, 0.1) is 0 Å². The maximum Gasteiger partial charge on any atom is 0.164 e. The van der Waals surface area contributed by atoms with Gasteiger partial charge in [-0.05, 0) is 65.1 Å². The van der Waals surface area contributed by atoms with Gasteiger partial charge in [0, 0.05) is 22.3 Å². The molecule has 0 unspecified atom stereocenters. The highest BCUT2D eigenvalue weighted by Gasteiger charge is 2.22. The van der Waals surface area contributed by atoms with E-state index >= 15 is 0 Å². The van der Waals surface area contributed by atoms with Crippen molar-refractivity contribution in [2.24, 2.45) is 0 Å². The van der Waals surface area contributed by atoms with Crippen LogP contribution in [0.15, 0.2) is 97.1 Å². The smallest absolute Gasteiger partial charge is 0.164 e. The van der Waals surface area contributed by atoms with E-state index in [4.69, 9.17) is 24.9 Å². The lowest BCUT2D eigenvalue weighted by Gasteiger charge is -2.26. The third-order valence-electron chi connectivity index (χ3n) is 8.01. The van der Waals surface area contributed by atoms with Gasteiger partial charge < -0.3 is 0 Å². The van der Waals surface area contributed by atoms with Gasteiger partial charge in [0.25, 0.3) is 0 Å². The van der Waals surface area contributed by atoms with Crippen molar-refractivity contribution in [3.05, 3.63) is 120 Å². The van der Waals surface area contributed by atoms with Gasteiger partial charge in [-0.2, -0.15) is 0 Å². The van der Waals surface area contributed by atoms with Crippen LogP contribution >= 0.6 is 0 Å². The highest BCUT2D eigenvalue weighted by atomic mass is 15.0. The Morgan fingerprint density at radius 1 is 0.348 bits per heavy atom. The first-order chi connectivity index (χ1) is 21.8. The number of rotatable bonds is 5. The molecule has 0 saturated heterocycles. The van der Waals surface area contributed by atoms with E-state index in [9.17, 15) is 0 Å². The van der Waals surface area contributed by atoms with Crippen LogP contribution in [-0.4, -0.2) is 29.9 Å². The first-order valence-corrected chi connectivity index (χ1v) is 15.7. The Balaban J connectivity index is 1.64. The summed E-state index contributed by atoms with van der Waals surface area (Å²) >= 11 is 0. The largest absolute Gasteiger partial charge is 0.219 e. The Labute approximate surface area is 272 Å². The van der Waals surface area contributed by atoms with Gasteiger partial charge in [-0.15, -0.1) is 0 Å². The van der Waals surface area contributed by atoms with E-state index in [0.717, 1.165) is 33.4 Å². The lowest BCUT2D eigenvalue weighted by Crippen LogP contribution is -2.16. The fraction of sp³-hybridized carbons (Fsp3) is 0.250. The quantitative estimate of drug-likeness (QED) is 0.195. The summed E-state index contributed by atoms with van der Waals surface area (Å²) in [7, 11) is 0. The number of benzene rings is 4. The average Bonchev–Trinajstić information content (AvgIpc) is 3.03. The normalized spacial score (nSPS) is 11.9. The van der Waals surface area contributed by atoms with Crippen LogP contribution in [0, 0.1) is 13.8 Å². The fourth-order valence-electron chi connectivity index (χ4n) is 5.40. The molecule has 2 heterocycles. The lowest BCUT2D eigenvalue weighted by atomic mass is 9.78. The van der Waals surface area contributed by atoms with E-state index in [1.807, 2.05) is 74.5 Å². The zero-order chi connectivity index (χ0) is 32.6. The zero-order valence-electron chi connectivity index (χ0n) is 27.9. The summed E-state index contributed by atoms with van der Waals surface area (Å²) in [5.41, 5.74) is 8.28. The van der Waals surface area contributed by atoms with Crippen molar-refractivity contribution in [3.8, 4) is 56.7 Å². The Morgan fingerprint density at radius 2 is 0.696 bits per heavy atom. The minimum Gasteiger partial charge on any atom is -0.219 e. The van der Waals surface area contributed by atoms with Crippen LogP contribution in [0.25, 0.3) is 56.7 Å². The third-order valence-corrected chi connectivity index (χ3v) is 8.01. The molecule has 4 aromatic carbocycles. The van der Waals surface area contributed by atoms with Crippen LogP contribution in [0.1, 0.15) is 64.3 Å². The molecule has 0 bridgehead atoms. The molecular weight excluding hydrogens is 564 g/mol. The number of hydrogen-bond acceptors (Lipinski definition) is 6. The summed E-state index contributed by atoms with van der Waals surface area (Å²) in [6.45, 7) is 17.4.